The molecule has 4 N–H and O–H groups in total. The molecule has 0 amide bonds. The first-order chi connectivity index (χ1) is 9.40. The van der Waals surface area contributed by atoms with E-state index < -0.39 is 0 Å². The molecular formula is C12H16BBrN5S. The number of nitrogen functional groups attached to an aromatic ring is 2. The van der Waals surface area contributed by atoms with Gasteiger partial charge in [0.25, 0.3) is 0 Å². The SMILES string of the molecule is Cc1cccc(N)n1.Cc1nc(N)ccc1Br.[B]=NS. The summed E-state index contributed by atoms with van der Waals surface area (Å²) in [4.78, 5) is 7.96. The van der Waals surface area contributed by atoms with Crippen LogP contribution in [0.4, 0.5) is 11.6 Å². The Hall–Kier alpha value is -1.41. The van der Waals surface area contributed by atoms with Crippen LogP contribution in [0.1, 0.15) is 11.4 Å². The molecule has 2 heterocycles. The molecule has 5 nitrogen and oxygen atoms in total. The Labute approximate surface area is 134 Å². The predicted octanol–water partition coefficient (Wildman–Crippen LogP) is 2.89. The molecule has 20 heavy (non-hydrogen) atoms. The third-order valence-corrected chi connectivity index (χ3v) is 2.79. The third kappa shape index (κ3) is 8.65. The maximum atomic E-state index is 5.40. The average molecular weight is 353 g/mol. The Balaban J connectivity index is 0.000000304. The Morgan fingerprint density at radius 2 is 1.65 bits per heavy atom. The number of halogens is 1. The van der Waals surface area contributed by atoms with E-state index in [1.54, 1.807) is 12.1 Å². The number of anilines is 2. The molecule has 1 radical (unpaired) electrons. The van der Waals surface area contributed by atoms with Gasteiger partial charge in [0, 0.05) is 10.2 Å². The number of hydrogen-bond donors (Lipinski definition) is 3. The van der Waals surface area contributed by atoms with Gasteiger partial charge < -0.3 is 11.5 Å². The summed E-state index contributed by atoms with van der Waals surface area (Å²) in [6.45, 7) is 3.82. The van der Waals surface area contributed by atoms with Crippen molar-refractivity contribution in [1.82, 2.24) is 9.97 Å². The van der Waals surface area contributed by atoms with Crippen LogP contribution >= 0.6 is 28.7 Å². The van der Waals surface area contributed by atoms with Gasteiger partial charge >= 0.3 is 24.8 Å². The Morgan fingerprint density at radius 3 is 2.00 bits per heavy atom. The summed E-state index contributed by atoms with van der Waals surface area (Å²) < 4.78 is 3.69. The first-order valence-electron chi connectivity index (χ1n) is 5.52. The van der Waals surface area contributed by atoms with Gasteiger partial charge in [-0.2, -0.15) is 0 Å². The van der Waals surface area contributed by atoms with Crippen molar-refractivity contribution in [2.75, 3.05) is 11.5 Å². The van der Waals surface area contributed by atoms with Gasteiger partial charge in [0.2, 0.25) is 0 Å². The number of aryl methyl sites for hydroxylation is 2. The van der Waals surface area contributed by atoms with Gasteiger partial charge in [-0.05, 0) is 54.0 Å². The van der Waals surface area contributed by atoms with Gasteiger partial charge in [-0.3, -0.25) is 0 Å². The van der Waals surface area contributed by atoms with Gasteiger partial charge in [-0.15, -0.1) is 0 Å². The fourth-order valence-electron chi connectivity index (χ4n) is 1.13. The van der Waals surface area contributed by atoms with E-state index in [-0.39, 0.29) is 0 Å². The van der Waals surface area contributed by atoms with Crippen LogP contribution in [-0.2, 0) is 0 Å². The first-order valence-corrected chi connectivity index (χ1v) is 6.72. The molecule has 2 aromatic heterocycles. The number of thiol groups is 1. The van der Waals surface area contributed by atoms with E-state index in [0.717, 1.165) is 15.9 Å². The second-order valence-corrected chi connectivity index (χ2v) is 4.71. The second kappa shape index (κ2) is 10.4. The molecule has 105 valence electrons. The maximum absolute atomic E-state index is 5.40. The Kier molecular flexibility index (Phi) is 9.66. The molecule has 0 aliphatic heterocycles. The van der Waals surface area contributed by atoms with Crippen molar-refractivity contribution in [3.8, 4) is 0 Å². The van der Waals surface area contributed by atoms with Crippen molar-refractivity contribution in [3.05, 3.63) is 46.2 Å². The van der Waals surface area contributed by atoms with Crippen LogP contribution in [0.5, 0.6) is 0 Å². The number of nitrogens with zero attached hydrogens (tertiary/aromatic N) is 3. The molecule has 0 aliphatic carbocycles. The van der Waals surface area contributed by atoms with E-state index in [1.807, 2.05) is 32.0 Å². The van der Waals surface area contributed by atoms with Crippen LogP contribution in [0.25, 0.3) is 0 Å². The topological polar surface area (TPSA) is 90.2 Å². The Morgan fingerprint density at radius 1 is 1.10 bits per heavy atom. The summed E-state index contributed by atoms with van der Waals surface area (Å²) in [7, 11) is 4.34. The van der Waals surface area contributed by atoms with Gasteiger partial charge in [0.1, 0.15) is 11.6 Å². The van der Waals surface area contributed by atoms with Gasteiger partial charge in [-0.25, -0.2) is 9.97 Å². The molecular weight excluding hydrogens is 337 g/mol. The van der Waals surface area contributed by atoms with Gasteiger partial charge in [0.15, 0.2) is 0 Å². The predicted molar refractivity (Wildman–Crippen MR) is 91.6 cm³/mol. The number of aromatic nitrogens is 2. The van der Waals surface area contributed by atoms with E-state index >= 15 is 0 Å². The zero-order chi connectivity index (χ0) is 15.5. The molecule has 0 aromatic carbocycles. The molecule has 0 fully saturated rings. The van der Waals surface area contributed by atoms with Crippen molar-refractivity contribution in [2.24, 2.45) is 4.30 Å². The van der Waals surface area contributed by atoms with E-state index in [1.165, 1.54) is 0 Å². The van der Waals surface area contributed by atoms with Crippen LogP contribution < -0.4 is 11.5 Å². The number of pyridine rings is 2. The molecule has 0 aliphatic rings. The van der Waals surface area contributed by atoms with Crippen molar-refractivity contribution in [3.63, 3.8) is 0 Å². The van der Waals surface area contributed by atoms with Crippen LogP contribution in [0.2, 0.25) is 0 Å². The average Bonchev–Trinajstić information content (AvgIpc) is 2.36. The quantitative estimate of drug-likeness (QED) is 0.502. The fourth-order valence-corrected chi connectivity index (χ4v) is 1.35. The Bertz CT molecular complexity index is 536. The number of hydrogen-bond acceptors (Lipinski definition) is 6. The van der Waals surface area contributed by atoms with Crippen LogP contribution in [0.3, 0.4) is 0 Å². The first kappa shape index (κ1) is 18.6. The van der Waals surface area contributed by atoms with Crippen LogP contribution in [-0.4, -0.2) is 17.6 Å². The van der Waals surface area contributed by atoms with Crippen molar-refractivity contribution in [2.45, 2.75) is 13.8 Å². The molecule has 0 saturated heterocycles. The number of rotatable bonds is 0. The monoisotopic (exact) mass is 352 g/mol. The summed E-state index contributed by atoms with van der Waals surface area (Å²) in [5.74, 6) is 1.15. The number of nitrogens with two attached hydrogens (primary N) is 2. The summed E-state index contributed by atoms with van der Waals surface area (Å²) in [5.41, 5.74) is 12.6. The molecule has 0 spiro atoms. The molecule has 2 aromatic rings. The molecule has 2 rings (SSSR count). The van der Waals surface area contributed by atoms with Crippen LogP contribution in [0, 0.1) is 13.8 Å². The van der Waals surface area contributed by atoms with Gasteiger partial charge in [0.05, 0.1) is 5.69 Å². The summed E-state index contributed by atoms with van der Waals surface area (Å²) in [6, 6.07) is 9.22. The third-order valence-electron chi connectivity index (χ3n) is 1.95. The van der Waals surface area contributed by atoms with Crippen molar-refractivity contribution >= 4 is 48.0 Å². The zero-order valence-electron chi connectivity index (χ0n) is 11.3. The summed E-state index contributed by atoms with van der Waals surface area (Å²) >= 11 is 6.50. The van der Waals surface area contributed by atoms with E-state index in [0.29, 0.717) is 11.6 Å². The van der Waals surface area contributed by atoms with Crippen LogP contribution in [0.15, 0.2) is 39.1 Å². The minimum atomic E-state index is 0.565. The zero-order valence-corrected chi connectivity index (χ0v) is 13.8. The molecule has 0 bridgehead atoms. The summed E-state index contributed by atoms with van der Waals surface area (Å²) in [5, 5.41) is 0. The van der Waals surface area contributed by atoms with E-state index in [9.17, 15) is 0 Å². The molecule has 0 unspecified atom stereocenters. The minimum absolute atomic E-state index is 0.565. The fraction of sp³-hybridized carbons (Fsp3) is 0.167. The van der Waals surface area contributed by atoms with E-state index in [4.69, 9.17) is 11.5 Å². The van der Waals surface area contributed by atoms with Crippen molar-refractivity contribution < 1.29 is 0 Å². The van der Waals surface area contributed by atoms with Gasteiger partial charge in [-0.1, -0.05) is 6.07 Å². The normalized spacial score (nSPS) is 8.55. The molecule has 8 heteroatoms. The standard InChI is InChI=1S/C6H7BrN2.C6H8N2.BHNS/c1-4-5(7)2-3-6(8)9-4;1-5-3-2-4-6(7)8-5;1-2-3/h2-3H,1H3,(H2,8,9);2-4H,1H3,(H2,7,8);3H. The molecule has 0 saturated carbocycles. The molecule has 0 atom stereocenters. The van der Waals surface area contributed by atoms with E-state index in [2.05, 4.69) is 50.7 Å². The summed E-state index contributed by atoms with van der Waals surface area (Å²) in [6.07, 6.45) is 0. The van der Waals surface area contributed by atoms with Crippen molar-refractivity contribution in [1.29, 1.82) is 0 Å². The second-order valence-electron chi connectivity index (χ2n) is 3.62.